The van der Waals surface area contributed by atoms with Gasteiger partial charge in [-0.15, -0.1) is 10.2 Å². The molecule has 0 aromatic carbocycles. The number of rotatable bonds is 8. The Morgan fingerprint density at radius 1 is 1.12 bits per heavy atom. The zero-order valence-electron chi connectivity index (χ0n) is 21.4. The molecule has 4 N–H and O–H groups in total. The van der Waals surface area contributed by atoms with Crippen LogP contribution in [0.4, 0.5) is 28.6 Å². The molecule has 210 valence electrons. The maximum absolute atomic E-state index is 13.3. The van der Waals surface area contributed by atoms with E-state index in [1.54, 1.807) is 26.8 Å². The molecule has 4 aromatic heterocycles. The second-order valence-electron chi connectivity index (χ2n) is 8.79. The number of carbonyl (C=O) groups is 2. The number of urea groups is 1. The second kappa shape index (κ2) is 11.4. The predicted molar refractivity (Wildman–Crippen MR) is 134 cm³/mol. The van der Waals surface area contributed by atoms with Crippen molar-refractivity contribution in [2.24, 2.45) is 5.92 Å². The van der Waals surface area contributed by atoms with Crippen molar-refractivity contribution < 1.29 is 32.3 Å². The molecule has 0 saturated heterocycles. The predicted octanol–water partition coefficient (Wildman–Crippen LogP) is 4.50. The lowest BCUT2D eigenvalue weighted by molar-refractivity contribution is -0.141. The SMILES string of the molecule is CCNC(=O)Nc1cc(-n2ccc(C(F)(F)F)n2)c(-c2cncc(-c3nnc(C(NC(=O)O)C(C)C)o3)c2)cn1. The minimum Gasteiger partial charge on any atom is -0.465 e. The molecule has 1 unspecified atom stereocenters. The Morgan fingerprint density at radius 3 is 2.52 bits per heavy atom. The molecule has 0 radical (unpaired) electrons. The molecule has 40 heavy (non-hydrogen) atoms. The number of hydrogen-bond donors (Lipinski definition) is 4. The molecule has 0 fully saturated rings. The summed E-state index contributed by atoms with van der Waals surface area (Å²) >= 11 is 0. The second-order valence-corrected chi connectivity index (χ2v) is 8.79. The Bertz CT molecular complexity index is 1520. The summed E-state index contributed by atoms with van der Waals surface area (Å²) in [5.41, 5.74) is 0.180. The number of amides is 3. The van der Waals surface area contributed by atoms with Gasteiger partial charge in [-0.05, 0) is 25.0 Å². The number of nitrogens with zero attached hydrogens (tertiary/aromatic N) is 6. The van der Waals surface area contributed by atoms with Crippen LogP contribution in [0.2, 0.25) is 0 Å². The number of carboxylic acid groups (broad SMARTS) is 1. The van der Waals surface area contributed by atoms with E-state index in [0.717, 1.165) is 16.9 Å². The largest absolute Gasteiger partial charge is 0.465 e. The first-order chi connectivity index (χ1) is 19.0. The summed E-state index contributed by atoms with van der Waals surface area (Å²) in [5.74, 6) is -0.0170. The molecule has 4 heterocycles. The van der Waals surface area contributed by atoms with Crippen LogP contribution in [0.15, 0.2) is 47.4 Å². The maximum Gasteiger partial charge on any atom is 0.435 e. The Kier molecular flexibility index (Phi) is 7.97. The first-order valence-corrected chi connectivity index (χ1v) is 11.9. The fraction of sp³-hybridized carbons (Fsp3) is 0.292. The van der Waals surface area contributed by atoms with Gasteiger partial charge in [0.05, 0.1) is 11.3 Å². The lowest BCUT2D eigenvalue weighted by Gasteiger charge is -2.16. The Balaban J connectivity index is 1.75. The van der Waals surface area contributed by atoms with Crippen LogP contribution < -0.4 is 16.0 Å². The molecule has 0 aliphatic carbocycles. The highest BCUT2D eigenvalue weighted by Crippen LogP contribution is 2.33. The van der Waals surface area contributed by atoms with Crippen molar-refractivity contribution in [3.63, 3.8) is 0 Å². The zero-order valence-corrected chi connectivity index (χ0v) is 21.4. The van der Waals surface area contributed by atoms with Gasteiger partial charge in [-0.1, -0.05) is 13.8 Å². The summed E-state index contributed by atoms with van der Waals surface area (Å²) < 4.78 is 46.6. The quantitative estimate of drug-likeness (QED) is 0.242. The van der Waals surface area contributed by atoms with Crippen LogP contribution in [-0.4, -0.2) is 53.7 Å². The number of pyridine rings is 2. The van der Waals surface area contributed by atoms with Crippen molar-refractivity contribution in [1.29, 1.82) is 0 Å². The van der Waals surface area contributed by atoms with Gasteiger partial charge in [0.2, 0.25) is 11.8 Å². The van der Waals surface area contributed by atoms with Crippen LogP contribution in [0.5, 0.6) is 0 Å². The van der Waals surface area contributed by atoms with E-state index in [-0.39, 0.29) is 29.2 Å². The van der Waals surface area contributed by atoms with Gasteiger partial charge in [0.1, 0.15) is 11.9 Å². The first-order valence-electron chi connectivity index (χ1n) is 11.9. The molecular formula is C24H24F3N9O4. The third kappa shape index (κ3) is 6.33. The molecule has 4 aromatic rings. The van der Waals surface area contributed by atoms with E-state index in [9.17, 15) is 22.8 Å². The number of aromatic nitrogens is 6. The van der Waals surface area contributed by atoms with Crippen molar-refractivity contribution >= 4 is 17.9 Å². The van der Waals surface area contributed by atoms with E-state index in [2.05, 4.69) is 41.2 Å². The van der Waals surface area contributed by atoms with E-state index in [4.69, 9.17) is 9.52 Å². The smallest absolute Gasteiger partial charge is 0.435 e. The molecule has 0 aliphatic rings. The number of halogens is 3. The molecule has 0 saturated carbocycles. The van der Waals surface area contributed by atoms with Crippen molar-refractivity contribution in [3.05, 3.63) is 54.6 Å². The number of alkyl halides is 3. The number of hydrogen-bond acceptors (Lipinski definition) is 8. The van der Waals surface area contributed by atoms with Gasteiger partial charge in [-0.2, -0.15) is 18.3 Å². The number of nitrogens with one attached hydrogen (secondary N) is 3. The van der Waals surface area contributed by atoms with Gasteiger partial charge in [0, 0.05) is 48.5 Å². The van der Waals surface area contributed by atoms with Crippen LogP contribution in [0.3, 0.4) is 0 Å². The van der Waals surface area contributed by atoms with E-state index in [1.165, 1.54) is 24.7 Å². The normalized spacial score (nSPS) is 12.3. The van der Waals surface area contributed by atoms with E-state index in [0.29, 0.717) is 23.2 Å². The fourth-order valence-corrected chi connectivity index (χ4v) is 3.68. The van der Waals surface area contributed by atoms with E-state index in [1.807, 2.05) is 0 Å². The summed E-state index contributed by atoms with van der Waals surface area (Å²) in [7, 11) is 0. The highest BCUT2D eigenvalue weighted by atomic mass is 19.4. The molecule has 0 spiro atoms. The molecule has 0 bridgehead atoms. The summed E-state index contributed by atoms with van der Waals surface area (Å²) in [6.45, 7) is 5.64. The van der Waals surface area contributed by atoms with Gasteiger partial charge in [-0.3, -0.25) is 10.3 Å². The van der Waals surface area contributed by atoms with E-state index >= 15 is 0 Å². The molecule has 16 heteroatoms. The Morgan fingerprint density at radius 2 is 1.88 bits per heavy atom. The molecule has 0 aliphatic heterocycles. The molecule has 4 rings (SSSR count). The monoisotopic (exact) mass is 559 g/mol. The topological polar surface area (TPSA) is 173 Å². The highest BCUT2D eigenvalue weighted by molar-refractivity contribution is 5.89. The maximum atomic E-state index is 13.3. The molecule has 1 atom stereocenters. The third-order valence-electron chi connectivity index (χ3n) is 5.54. The molecule has 3 amide bonds. The zero-order chi connectivity index (χ0) is 29.0. The van der Waals surface area contributed by atoms with Crippen molar-refractivity contribution in [3.8, 4) is 28.3 Å². The van der Waals surface area contributed by atoms with Crippen LogP contribution in [0.25, 0.3) is 28.3 Å². The van der Waals surface area contributed by atoms with Crippen LogP contribution in [0, 0.1) is 5.92 Å². The highest BCUT2D eigenvalue weighted by Gasteiger charge is 2.34. The molecular weight excluding hydrogens is 535 g/mol. The number of carbonyl (C=O) groups excluding carboxylic acids is 1. The van der Waals surface area contributed by atoms with Crippen molar-refractivity contribution in [2.75, 3.05) is 11.9 Å². The standard InChI is InChI=1S/C24H24F3N9O4/c1-4-29-22(37)31-18-8-16(36-6-5-17(35-36)24(25,26)27)15(11-30-18)13-7-14(10-28-9-13)20-33-34-21(40-20)19(12(2)3)32-23(38)39/h5-12,19,32H,4H2,1-3H3,(H,38,39)(H2,29,30,31,37). The van der Waals surface area contributed by atoms with Crippen molar-refractivity contribution in [1.82, 2.24) is 40.6 Å². The van der Waals surface area contributed by atoms with E-state index < -0.39 is 30.0 Å². The molecule has 13 nitrogen and oxygen atoms in total. The van der Waals surface area contributed by atoms with Gasteiger partial charge < -0.3 is 20.2 Å². The minimum absolute atomic E-state index is 0.0460. The average Bonchev–Trinajstić information content (AvgIpc) is 3.58. The first kappa shape index (κ1) is 28.0. The van der Waals surface area contributed by atoms with Gasteiger partial charge in [0.15, 0.2) is 5.69 Å². The van der Waals surface area contributed by atoms with Gasteiger partial charge >= 0.3 is 18.3 Å². The van der Waals surface area contributed by atoms with Crippen molar-refractivity contribution in [2.45, 2.75) is 33.0 Å². The Labute approximate surface area is 224 Å². The van der Waals surface area contributed by atoms with Crippen LogP contribution in [0.1, 0.15) is 38.4 Å². The van der Waals surface area contributed by atoms with Gasteiger partial charge in [0.25, 0.3) is 0 Å². The summed E-state index contributed by atoms with van der Waals surface area (Å²) in [4.78, 5) is 31.6. The minimum atomic E-state index is -4.67. The lowest BCUT2D eigenvalue weighted by Crippen LogP contribution is -2.30. The summed E-state index contributed by atoms with van der Waals surface area (Å²) in [5, 5.41) is 28.2. The van der Waals surface area contributed by atoms with Crippen LogP contribution >= 0.6 is 0 Å². The Hall–Kier alpha value is -5.02. The lowest BCUT2D eigenvalue weighted by atomic mass is 10.0. The van der Waals surface area contributed by atoms with Gasteiger partial charge in [-0.25, -0.2) is 19.3 Å². The average molecular weight is 560 g/mol. The fourth-order valence-electron chi connectivity index (χ4n) is 3.68. The summed E-state index contributed by atoms with van der Waals surface area (Å²) in [6, 6.07) is 2.51. The third-order valence-corrected chi connectivity index (χ3v) is 5.54. The number of anilines is 1. The van der Waals surface area contributed by atoms with Crippen LogP contribution in [-0.2, 0) is 6.18 Å². The summed E-state index contributed by atoms with van der Waals surface area (Å²) in [6.07, 6.45) is -0.530.